The van der Waals surface area contributed by atoms with Crippen molar-refractivity contribution in [1.82, 2.24) is 0 Å². The van der Waals surface area contributed by atoms with Gasteiger partial charge in [-0.15, -0.1) is 0 Å². The van der Waals surface area contributed by atoms with Gasteiger partial charge < -0.3 is 15.8 Å². The number of benzene rings is 2. The van der Waals surface area contributed by atoms with Gasteiger partial charge in [0.05, 0.1) is 17.8 Å². The van der Waals surface area contributed by atoms with E-state index in [1.165, 1.54) is 0 Å². The maximum atomic E-state index is 11.2. The zero-order chi connectivity index (χ0) is 15.4. The van der Waals surface area contributed by atoms with Gasteiger partial charge in [0.1, 0.15) is 5.75 Å². The van der Waals surface area contributed by atoms with E-state index < -0.39 is 5.91 Å². The van der Waals surface area contributed by atoms with Crippen molar-refractivity contribution in [3.8, 4) is 5.75 Å². The Morgan fingerprint density at radius 1 is 1.33 bits per heavy atom. The Kier molecular flexibility index (Phi) is 5.09. The third-order valence-corrected chi connectivity index (χ3v) is 3.79. The van der Waals surface area contributed by atoms with Crippen LogP contribution in [0.4, 0.5) is 5.69 Å². The number of hydrogen-bond acceptors (Lipinski definition) is 3. The van der Waals surface area contributed by atoms with E-state index in [2.05, 4.69) is 21.2 Å². The van der Waals surface area contributed by atoms with Crippen LogP contribution in [-0.4, -0.2) is 13.0 Å². The summed E-state index contributed by atoms with van der Waals surface area (Å²) in [4.78, 5) is 11.2. The molecular formula is C15H14BrClN2O2. The number of nitrogens with two attached hydrogens (primary N) is 1. The summed E-state index contributed by atoms with van der Waals surface area (Å²) in [6, 6.07) is 10.6. The summed E-state index contributed by atoms with van der Waals surface area (Å²) < 4.78 is 6.27. The fraction of sp³-hybridized carbons (Fsp3) is 0.133. The van der Waals surface area contributed by atoms with Crippen LogP contribution in [0.5, 0.6) is 5.75 Å². The highest BCUT2D eigenvalue weighted by molar-refractivity contribution is 9.10. The minimum atomic E-state index is -0.491. The summed E-state index contributed by atoms with van der Waals surface area (Å²) in [5.41, 5.74) is 7.29. The van der Waals surface area contributed by atoms with E-state index in [0.29, 0.717) is 22.8 Å². The number of carbonyl (C=O) groups excluding carboxylic acids is 1. The smallest absolute Gasteiger partial charge is 0.248 e. The minimum absolute atomic E-state index is 0.406. The molecule has 2 aromatic rings. The number of ether oxygens (including phenoxy) is 1. The van der Waals surface area contributed by atoms with Crippen molar-refractivity contribution in [2.75, 3.05) is 12.4 Å². The Morgan fingerprint density at radius 3 is 2.76 bits per heavy atom. The molecule has 0 fully saturated rings. The standard InChI is InChI=1S/C15H14BrClN2O2/c1-21-14-5-3-11(16)6-10(14)8-19-13-7-9(15(18)20)2-4-12(13)17/h2-7,19H,8H2,1H3,(H2,18,20). The van der Waals surface area contributed by atoms with Gasteiger partial charge in [-0.25, -0.2) is 0 Å². The molecule has 0 aliphatic heterocycles. The molecule has 0 aliphatic rings. The number of primary amides is 1. The van der Waals surface area contributed by atoms with Crippen LogP contribution in [0.25, 0.3) is 0 Å². The first-order valence-electron chi connectivity index (χ1n) is 6.17. The van der Waals surface area contributed by atoms with Crippen molar-refractivity contribution >= 4 is 39.1 Å². The lowest BCUT2D eigenvalue weighted by Gasteiger charge is -2.12. The average molecular weight is 370 g/mol. The van der Waals surface area contributed by atoms with Gasteiger partial charge in [-0.05, 0) is 36.4 Å². The normalized spacial score (nSPS) is 10.2. The Labute approximate surface area is 136 Å². The first-order chi connectivity index (χ1) is 10.0. The molecule has 0 heterocycles. The summed E-state index contributed by atoms with van der Waals surface area (Å²) in [5.74, 6) is 0.280. The first-order valence-corrected chi connectivity index (χ1v) is 7.34. The fourth-order valence-electron chi connectivity index (χ4n) is 1.89. The van der Waals surface area contributed by atoms with E-state index in [4.69, 9.17) is 22.1 Å². The maximum absolute atomic E-state index is 11.2. The van der Waals surface area contributed by atoms with Crippen molar-refractivity contribution in [2.45, 2.75) is 6.54 Å². The Balaban J connectivity index is 2.22. The van der Waals surface area contributed by atoms with Gasteiger partial charge in [0, 0.05) is 22.1 Å². The number of amides is 1. The molecule has 21 heavy (non-hydrogen) atoms. The van der Waals surface area contributed by atoms with E-state index in [0.717, 1.165) is 15.8 Å². The summed E-state index contributed by atoms with van der Waals surface area (Å²) in [6.07, 6.45) is 0. The molecule has 0 saturated heterocycles. The zero-order valence-electron chi connectivity index (χ0n) is 11.3. The van der Waals surface area contributed by atoms with E-state index in [-0.39, 0.29) is 0 Å². The summed E-state index contributed by atoms with van der Waals surface area (Å²) in [6.45, 7) is 0.505. The Morgan fingerprint density at radius 2 is 2.10 bits per heavy atom. The number of hydrogen-bond donors (Lipinski definition) is 2. The second kappa shape index (κ2) is 6.83. The molecule has 3 N–H and O–H groups in total. The van der Waals surface area contributed by atoms with Gasteiger partial charge in [-0.3, -0.25) is 4.79 Å². The molecule has 0 atom stereocenters. The molecule has 2 rings (SSSR count). The minimum Gasteiger partial charge on any atom is -0.496 e. The van der Waals surface area contributed by atoms with Gasteiger partial charge in [-0.1, -0.05) is 27.5 Å². The number of rotatable bonds is 5. The summed E-state index contributed by atoms with van der Waals surface area (Å²) in [7, 11) is 1.62. The van der Waals surface area contributed by atoms with E-state index >= 15 is 0 Å². The Hall–Kier alpha value is -1.72. The molecule has 0 aliphatic carbocycles. The predicted octanol–water partition coefficient (Wildman–Crippen LogP) is 3.82. The second-order valence-electron chi connectivity index (χ2n) is 4.37. The Bertz CT molecular complexity index is 677. The molecule has 4 nitrogen and oxygen atoms in total. The van der Waals surface area contributed by atoms with Crippen LogP contribution < -0.4 is 15.8 Å². The van der Waals surface area contributed by atoms with Crippen LogP contribution >= 0.6 is 27.5 Å². The fourth-order valence-corrected chi connectivity index (χ4v) is 2.48. The quantitative estimate of drug-likeness (QED) is 0.842. The topological polar surface area (TPSA) is 64.3 Å². The SMILES string of the molecule is COc1ccc(Br)cc1CNc1cc(C(N)=O)ccc1Cl. The molecule has 110 valence electrons. The van der Waals surface area contributed by atoms with E-state index in [1.807, 2.05) is 18.2 Å². The molecule has 0 spiro atoms. The van der Waals surface area contributed by atoms with Crippen molar-refractivity contribution in [1.29, 1.82) is 0 Å². The largest absolute Gasteiger partial charge is 0.496 e. The predicted molar refractivity (Wildman–Crippen MR) is 88.0 cm³/mol. The van der Waals surface area contributed by atoms with Crippen LogP contribution in [0.1, 0.15) is 15.9 Å². The molecule has 2 aromatic carbocycles. The number of nitrogens with one attached hydrogen (secondary N) is 1. The van der Waals surface area contributed by atoms with Crippen LogP contribution in [0.3, 0.4) is 0 Å². The van der Waals surface area contributed by atoms with Crippen molar-refractivity contribution in [3.63, 3.8) is 0 Å². The lowest BCUT2D eigenvalue weighted by molar-refractivity contribution is 0.100. The van der Waals surface area contributed by atoms with Crippen LogP contribution in [0, 0.1) is 0 Å². The van der Waals surface area contributed by atoms with Crippen molar-refractivity contribution < 1.29 is 9.53 Å². The average Bonchev–Trinajstić information content (AvgIpc) is 2.46. The lowest BCUT2D eigenvalue weighted by Crippen LogP contribution is -2.11. The van der Waals surface area contributed by atoms with Crippen LogP contribution in [0.15, 0.2) is 40.9 Å². The van der Waals surface area contributed by atoms with E-state index in [9.17, 15) is 4.79 Å². The van der Waals surface area contributed by atoms with E-state index in [1.54, 1.807) is 25.3 Å². The first kappa shape index (κ1) is 15.7. The summed E-state index contributed by atoms with van der Waals surface area (Å²) in [5, 5.41) is 3.71. The molecule has 6 heteroatoms. The lowest BCUT2D eigenvalue weighted by atomic mass is 10.1. The highest BCUT2D eigenvalue weighted by atomic mass is 79.9. The van der Waals surface area contributed by atoms with Gasteiger partial charge in [0.15, 0.2) is 0 Å². The highest BCUT2D eigenvalue weighted by Crippen LogP contribution is 2.27. The molecule has 0 radical (unpaired) electrons. The number of methoxy groups -OCH3 is 1. The van der Waals surface area contributed by atoms with Crippen molar-refractivity contribution in [2.24, 2.45) is 5.73 Å². The maximum Gasteiger partial charge on any atom is 0.248 e. The highest BCUT2D eigenvalue weighted by Gasteiger charge is 2.08. The van der Waals surface area contributed by atoms with Crippen molar-refractivity contribution in [3.05, 3.63) is 57.0 Å². The number of halogens is 2. The third-order valence-electron chi connectivity index (χ3n) is 2.96. The van der Waals surface area contributed by atoms with Gasteiger partial charge in [-0.2, -0.15) is 0 Å². The van der Waals surface area contributed by atoms with Gasteiger partial charge >= 0.3 is 0 Å². The third kappa shape index (κ3) is 3.89. The zero-order valence-corrected chi connectivity index (χ0v) is 13.7. The molecule has 0 saturated carbocycles. The molecule has 0 aromatic heterocycles. The molecule has 0 unspecified atom stereocenters. The summed E-state index contributed by atoms with van der Waals surface area (Å²) >= 11 is 9.54. The monoisotopic (exact) mass is 368 g/mol. The number of carbonyl (C=O) groups is 1. The molecular weight excluding hydrogens is 356 g/mol. The molecule has 1 amide bonds. The number of anilines is 1. The van der Waals surface area contributed by atoms with Crippen LogP contribution in [0.2, 0.25) is 5.02 Å². The molecule has 0 bridgehead atoms. The van der Waals surface area contributed by atoms with Gasteiger partial charge in [0.2, 0.25) is 5.91 Å². The van der Waals surface area contributed by atoms with Crippen LogP contribution in [-0.2, 0) is 6.54 Å². The van der Waals surface area contributed by atoms with Gasteiger partial charge in [0.25, 0.3) is 0 Å². The second-order valence-corrected chi connectivity index (χ2v) is 5.69.